The van der Waals surface area contributed by atoms with Gasteiger partial charge in [0, 0.05) is 17.8 Å². The Morgan fingerprint density at radius 1 is 1.24 bits per heavy atom. The first-order valence-corrected chi connectivity index (χ1v) is 8.33. The Balaban J connectivity index is 1.74. The first-order valence-electron chi connectivity index (χ1n) is 8.33. The highest BCUT2D eigenvalue weighted by molar-refractivity contribution is 5.97. The van der Waals surface area contributed by atoms with Crippen LogP contribution < -0.4 is 14.4 Å². The summed E-state index contributed by atoms with van der Waals surface area (Å²) in [6, 6.07) is 15.1. The Labute approximate surface area is 147 Å². The van der Waals surface area contributed by atoms with Crippen LogP contribution in [0.15, 0.2) is 42.5 Å². The van der Waals surface area contributed by atoms with Gasteiger partial charge in [0.25, 0.3) is 5.91 Å². The number of nitriles is 1. The molecule has 5 heteroatoms. The molecule has 0 spiro atoms. The van der Waals surface area contributed by atoms with Gasteiger partial charge in [-0.1, -0.05) is 18.2 Å². The second-order valence-electron chi connectivity index (χ2n) is 5.94. The summed E-state index contributed by atoms with van der Waals surface area (Å²) >= 11 is 0. The normalized spacial score (nSPS) is 15.4. The van der Waals surface area contributed by atoms with E-state index in [1.807, 2.05) is 38.1 Å². The van der Waals surface area contributed by atoms with Crippen LogP contribution in [-0.4, -0.2) is 25.2 Å². The number of hydrogen-bond acceptors (Lipinski definition) is 4. The van der Waals surface area contributed by atoms with E-state index in [0.717, 1.165) is 12.1 Å². The predicted octanol–water partition coefficient (Wildman–Crippen LogP) is 3.31. The molecular weight excluding hydrogens is 316 g/mol. The molecule has 1 aliphatic heterocycles. The molecule has 0 radical (unpaired) electrons. The molecule has 1 heterocycles. The van der Waals surface area contributed by atoms with Gasteiger partial charge in [0.05, 0.1) is 18.2 Å². The SMILES string of the molecule is CCOc1cc(C#N)ccc1OCC(=O)N1c2ccccc2CC1C. The van der Waals surface area contributed by atoms with E-state index in [4.69, 9.17) is 14.7 Å². The molecule has 1 amide bonds. The monoisotopic (exact) mass is 336 g/mol. The Kier molecular flexibility index (Phi) is 4.90. The van der Waals surface area contributed by atoms with E-state index < -0.39 is 0 Å². The van der Waals surface area contributed by atoms with Crippen LogP contribution >= 0.6 is 0 Å². The fourth-order valence-corrected chi connectivity index (χ4v) is 3.12. The molecule has 1 atom stereocenters. The molecule has 1 aliphatic rings. The summed E-state index contributed by atoms with van der Waals surface area (Å²) in [7, 11) is 0. The number of nitrogens with zero attached hydrogens (tertiary/aromatic N) is 2. The number of carbonyl (C=O) groups excluding carboxylic acids is 1. The molecule has 25 heavy (non-hydrogen) atoms. The first-order chi connectivity index (χ1) is 12.1. The Morgan fingerprint density at radius 2 is 2.04 bits per heavy atom. The van der Waals surface area contributed by atoms with Gasteiger partial charge in [0.15, 0.2) is 18.1 Å². The molecule has 128 valence electrons. The number of rotatable bonds is 5. The lowest BCUT2D eigenvalue weighted by atomic mass is 10.1. The van der Waals surface area contributed by atoms with Gasteiger partial charge in [0.2, 0.25) is 0 Å². The third-order valence-corrected chi connectivity index (χ3v) is 4.20. The van der Waals surface area contributed by atoms with Crippen LogP contribution in [-0.2, 0) is 11.2 Å². The second-order valence-corrected chi connectivity index (χ2v) is 5.94. The zero-order valence-electron chi connectivity index (χ0n) is 14.4. The average molecular weight is 336 g/mol. The van der Waals surface area contributed by atoms with E-state index in [0.29, 0.717) is 23.7 Å². The summed E-state index contributed by atoms with van der Waals surface area (Å²) in [4.78, 5) is 14.5. The van der Waals surface area contributed by atoms with E-state index in [2.05, 4.69) is 6.07 Å². The predicted molar refractivity (Wildman–Crippen MR) is 94.9 cm³/mol. The maximum atomic E-state index is 12.7. The Morgan fingerprint density at radius 3 is 2.80 bits per heavy atom. The number of amides is 1. The van der Waals surface area contributed by atoms with Crippen LogP contribution in [0.5, 0.6) is 11.5 Å². The van der Waals surface area contributed by atoms with Gasteiger partial charge in [-0.25, -0.2) is 0 Å². The summed E-state index contributed by atoms with van der Waals surface area (Å²) in [5.74, 6) is 0.850. The van der Waals surface area contributed by atoms with Gasteiger partial charge in [-0.2, -0.15) is 5.26 Å². The fraction of sp³-hybridized carbons (Fsp3) is 0.300. The van der Waals surface area contributed by atoms with E-state index in [9.17, 15) is 4.79 Å². The number of benzene rings is 2. The molecule has 3 rings (SSSR count). The first kappa shape index (κ1) is 16.8. The average Bonchev–Trinajstić information content (AvgIpc) is 2.96. The third kappa shape index (κ3) is 3.43. The van der Waals surface area contributed by atoms with Crippen LogP contribution in [0, 0.1) is 11.3 Å². The quantitative estimate of drug-likeness (QED) is 0.840. The number of carbonyl (C=O) groups is 1. The van der Waals surface area contributed by atoms with Gasteiger partial charge in [-0.3, -0.25) is 4.79 Å². The summed E-state index contributed by atoms with van der Waals surface area (Å²) in [5, 5.41) is 9.00. The van der Waals surface area contributed by atoms with Crippen LogP contribution in [0.1, 0.15) is 25.0 Å². The van der Waals surface area contributed by atoms with Crippen LogP contribution in [0.25, 0.3) is 0 Å². The van der Waals surface area contributed by atoms with E-state index in [-0.39, 0.29) is 18.6 Å². The van der Waals surface area contributed by atoms with Crippen molar-refractivity contribution < 1.29 is 14.3 Å². The van der Waals surface area contributed by atoms with E-state index in [1.54, 1.807) is 23.1 Å². The highest BCUT2D eigenvalue weighted by Gasteiger charge is 2.30. The molecule has 0 saturated heterocycles. The third-order valence-electron chi connectivity index (χ3n) is 4.20. The zero-order valence-corrected chi connectivity index (χ0v) is 14.4. The van der Waals surface area contributed by atoms with Crippen LogP contribution in [0.2, 0.25) is 0 Å². The van der Waals surface area contributed by atoms with Gasteiger partial charge >= 0.3 is 0 Å². The van der Waals surface area contributed by atoms with Crippen molar-refractivity contribution in [2.75, 3.05) is 18.1 Å². The minimum atomic E-state index is -0.0933. The van der Waals surface area contributed by atoms with Crippen molar-refractivity contribution in [1.82, 2.24) is 0 Å². The van der Waals surface area contributed by atoms with Gasteiger partial charge in [-0.05, 0) is 44.0 Å². The molecule has 0 N–H and O–H groups in total. The highest BCUT2D eigenvalue weighted by Crippen LogP contribution is 2.32. The molecule has 2 aromatic carbocycles. The van der Waals surface area contributed by atoms with Crippen molar-refractivity contribution in [1.29, 1.82) is 5.26 Å². The molecule has 0 fully saturated rings. The molecule has 0 bridgehead atoms. The van der Waals surface area contributed by atoms with Gasteiger partial charge in [0.1, 0.15) is 0 Å². The topological polar surface area (TPSA) is 62.6 Å². The molecule has 0 aliphatic carbocycles. The maximum absolute atomic E-state index is 12.7. The number of fused-ring (bicyclic) bond motifs is 1. The van der Waals surface area contributed by atoms with Gasteiger partial charge in [-0.15, -0.1) is 0 Å². The zero-order chi connectivity index (χ0) is 17.8. The van der Waals surface area contributed by atoms with Crippen molar-refractivity contribution in [3.8, 4) is 17.6 Å². The standard InChI is InChI=1S/C20H20N2O3/c1-3-24-19-11-15(12-21)8-9-18(19)25-13-20(23)22-14(2)10-16-6-4-5-7-17(16)22/h4-9,11,14H,3,10,13H2,1-2H3. The summed E-state index contributed by atoms with van der Waals surface area (Å²) in [6.45, 7) is 4.27. The molecular formula is C20H20N2O3. The van der Waals surface area contributed by atoms with Crippen molar-refractivity contribution in [2.24, 2.45) is 0 Å². The van der Waals surface area contributed by atoms with E-state index >= 15 is 0 Å². The number of para-hydroxylation sites is 1. The summed E-state index contributed by atoms with van der Waals surface area (Å²) in [5.41, 5.74) is 2.62. The van der Waals surface area contributed by atoms with Crippen molar-refractivity contribution in [3.63, 3.8) is 0 Å². The summed E-state index contributed by atoms with van der Waals surface area (Å²) < 4.78 is 11.2. The van der Waals surface area contributed by atoms with Crippen molar-refractivity contribution in [2.45, 2.75) is 26.3 Å². The van der Waals surface area contributed by atoms with Crippen molar-refractivity contribution in [3.05, 3.63) is 53.6 Å². The lowest BCUT2D eigenvalue weighted by Crippen LogP contribution is -2.39. The van der Waals surface area contributed by atoms with Crippen LogP contribution in [0.3, 0.4) is 0 Å². The Hall–Kier alpha value is -3.00. The minimum Gasteiger partial charge on any atom is -0.490 e. The van der Waals surface area contributed by atoms with E-state index in [1.165, 1.54) is 5.56 Å². The minimum absolute atomic E-state index is 0.0787. The molecule has 1 unspecified atom stereocenters. The van der Waals surface area contributed by atoms with Crippen LogP contribution in [0.4, 0.5) is 5.69 Å². The summed E-state index contributed by atoms with van der Waals surface area (Å²) in [6.07, 6.45) is 0.850. The number of ether oxygens (including phenoxy) is 2. The van der Waals surface area contributed by atoms with Gasteiger partial charge < -0.3 is 14.4 Å². The highest BCUT2D eigenvalue weighted by atomic mass is 16.5. The lowest BCUT2D eigenvalue weighted by Gasteiger charge is -2.23. The Bertz CT molecular complexity index is 826. The molecule has 0 saturated carbocycles. The molecule has 5 nitrogen and oxygen atoms in total. The van der Waals surface area contributed by atoms with Crippen molar-refractivity contribution >= 4 is 11.6 Å². The molecule has 2 aromatic rings. The smallest absolute Gasteiger partial charge is 0.265 e. The largest absolute Gasteiger partial charge is 0.490 e. The number of anilines is 1. The molecule has 0 aromatic heterocycles. The fourth-order valence-electron chi connectivity index (χ4n) is 3.12. The second kappa shape index (κ2) is 7.27. The maximum Gasteiger partial charge on any atom is 0.265 e. The number of hydrogen-bond donors (Lipinski definition) is 0. The lowest BCUT2D eigenvalue weighted by molar-refractivity contribution is -0.120.